The molecule has 1 aliphatic rings. The van der Waals surface area contributed by atoms with Gasteiger partial charge in [0.05, 0.1) is 6.20 Å². The Bertz CT molecular complexity index is 273. The summed E-state index contributed by atoms with van der Waals surface area (Å²) in [6.07, 6.45) is 5.70. The first-order chi connectivity index (χ1) is 6.83. The second-order valence-electron chi connectivity index (χ2n) is 3.89. The van der Waals surface area contributed by atoms with E-state index in [4.69, 9.17) is 10.2 Å². The van der Waals surface area contributed by atoms with Crippen LogP contribution in [0.3, 0.4) is 0 Å². The summed E-state index contributed by atoms with van der Waals surface area (Å²) in [7, 11) is 0. The summed E-state index contributed by atoms with van der Waals surface area (Å²) < 4.78 is 5.31. The lowest BCUT2D eigenvalue weighted by atomic mass is 9.91. The van der Waals surface area contributed by atoms with Gasteiger partial charge in [0.15, 0.2) is 0 Å². The normalized spacial score (nSPS) is 28.0. The second-order valence-corrected chi connectivity index (χ2v) is 3.89. The van der Waals surface area contributed by atoms with Crippen LogP contribution in [-0.4, -0.2) is 24.1 Å². The van der Waals surface area contributed by atoms with Crippen molar-refractivity contribution >= 4 is 6.01 Å². The third-order valence-electron chi connectivity index (χ3n) is 3.12. The molecule has 0 unspecified atom stereocenters. The van der Waals surface area contributed by atoms with Crippen molar-refractivity contribution in [2.75, 3.05) is 18.0 Å². The summed E-state index contributed by atoms with van der Waals surface area (Å²) in [5, 5.41) is 0. The fourth-order valence-corrected chi connectivity index (χ4v) is 2.17. The van der Waals surface area contributed by atoms with Crippen molar-refractivity contribution in [1.82, 2.24) is 4.98 Å². The molecule has 1 fully saturated rings. The van der Waals surface area contributed by atoms with Gasteiger partial charge in [-0.15, -0.1) is 0 Å². The van der Waals surface area contributed by atoms with Gasteiger partial charge in [0, 0.05) is 12.6 Å². The van der Waals surface area contributed by atoms with Gasteiger partial charge in [-0.05, 0) is 32.2 Å². The first-order valence-corrected chi connectivity index (χ1v) is 5.19. The molecular weight excluding hydrogens is 178 g/mol. The molecule has 0 saturated carbocycles. The van der Waals surface area contributed by atoms with Crippen LogP contribution in [0.15, 0.2) is 16.9 Å². The van der Waals surface area contributed by atoms with E-state index in [1.807, 2.05) is 0 Å². The van der Waals surface area contributed by atoms with Crippen molar-refractivity contribution in [2.45, 2.75) is 25.8 Å². The Kier molecular flexibility index (Phi) is 2.72. The number of aromatic nitrogens is 1. The Morgan fingerprint density at radius 1 is 1.71 bits per heavy atom. The smallest absolute Gasteiger partial charge is 0.297 e. The molecule has 0 aromatic carbocycles. The number of anilines is 1. The summed E-state index contributed by atoms with van der Waals surface area (Å²) in [4.78, 5) is 6.39. The van der Waals surface area contributed by atoms with Gasteiger partial charge >= 0.3 is 0 Å². The lowest BCUT2D eigenvalue weighted by molar-refractivity contribution is 0.327. The topological polar surface area (TPSA) is 55.3 Å². The van der Waals surface area contributed by atoms with Gasteiger partial charge in [-0.3, -0.25) is 0 Å². The quantitative estimate of drug-likeness (QED) is 0.771. The van der Waals surface area contributed by atoms with Crippen molar-refractivity contribution in [2.24, 2.45) is 11.7 Å². The van der Waals surface area contributed by atoms with E-state index in [0.29, 0.717) is 12.0 Å². The number of hydrogen-bond acceptors (Lipinski definition) is 4. The van der Waals surface area contributed by atoms with E-state index in [0.717, 1.165) is 19.1 Å². The lowest BCUT2D eigenvalue weighted by Gasteiger charge is -2.37. The van der Waals surface area contributed by atoms with Crippen LogP contribution in [0.1, 0.15) is 19.8 Å². The minimum atomic E-state index is 0.437. The first kappa shape index (κ1) is 9.52. The Morgan fingerprint density at radius 2 is 2.57 bits per heavy atom. The zero-order valence-electron chi connectivity index (χ0n) is 8.52. The number of oxazole rings is 1. The highest BCUT2D eigenvalue weighted by Gasteiger charge is 2.28. The van der Waals surface area contributed by atoms with Crippen LogP contribution < -0.4 is 10.6 Å². The fraction of sp³-hybridized carbons (Fsp3) is 0.700. The van der Waals surface area contributed by atoms with Crippen molar-refractivity contribution < 1.29 is 4.42 Å². The second kappa shape index (κ2) is 4.00. The fourth-order valence-electron chi connectivity index (χ4n) is 2.17. The summed E-state index contributed by atoms with van der Waals surface area (Å²) in [5.74, 6) is 0.565. The van der Waals surface area contributed by atoms with Gasteiger partial charge in [0.2, 0.25) is 0 Å². The zero-order chi connectivity index (χ0) is 9.97. The molecule has 1 aliphatic heterocycles. The van der Waals surface area contributed by atoms with Gasteiger partial charge in [0.1, 0.15) is 6.26 Å². The molecule has 0 aliphatic carbocycles. The van der Waals surface area contributed by atoms with Crippen LogP contribution in [-0.2, 0) is 0 Å². The molecule has 1 saturated heterocycles. The van der Waals surface area contributed by atoms with Gasteiger partial charge in [-0.1, -0.05) is 0 Å². The van der Waals surface area contributed by atoms with E-state index in [1.165, 1.54) is 12.8 Å². The maximum Gasteiger partial charge on any atom is 0.297 e. The van der Waals surface area contributed by atoms with E-state index in [2.05, 4.69) is 16.8 Å². The van der Waals surface area contributed by atoms with Crippen LogP contribution in [0, 0.1) is 5.92 Å². The molecule has 4 heteroatoms. The molecule has 0 radical (unpaired) electrons. The van der Waals surface area contributed by atoms with Crippen molar-refractivity contribution in [3.8, 4) is 0 Å². The number of nitrogens with zero attached hydrogens (tertiary/aromatic N) is 2. The Labute approximate surface area is 84.1 Å². The van der Waals surface area contributed by atoms with E-state index < -0.39 is 0 Å². The average molecular weight is 195 g/mol. The SMILES string of the molecule is C[C@@H]1[C@@H](CN)CCCN1c1ncco1. The van der Waals surface area contributed by atoms with E-state index in [9.17, 15) is 0 Å². The molecule has 14 heavy (non-hydrogen) atoms. The van der Waals surface area contributed by atoms with Gasteiger partial charge in [-0.25, -0.2) is 4.98 Å². The van der Waals surface area contributed by atoms with Crippen LogP contribution >= 0.6 is 0 Å². The van der Waals surface area contributed by atoms with Crippen LogP contribution in [0.5, 0.6) is 0 Å². The van der Waals surface area contributed by atoms with Crippen molar-refractivity contribution in [3.63, 3.8) is 0 Å². The minimum absolute atomic E-state index is 0.437. The van der Waals surface area contributed by atoms with E-state index >= 15 is 0 Å². The maximum atomic E-state index is 5.73. The molecule has 2 atom stereocenters. The molecule has 2 heterocycles. The number of piperidine rings is 1. The van der Waals surface area contributed by atoms with Gasteiger partial charge in [-0.2, -0.15) is 0 Å². The Morgan fingerprint density at radius 3 is 3.21 bits per heavy atom. The minimum Gasteiger partial charge on any atom is -0.432 e. The standard InChI is InChI=1S/C10H17N3O/c1-8-9(7-11)3-2-5-13(8)10-12-4-6-14-10/h4,6,8-9H,2-3,5,7,11H2,1H3/t8-,9-/m1/s1. The molecule has 0 spiro atoms. The molecule has 2 rings (SSSR count). The van der Waals surface area contributed by atoms with Gasteiger partial charge in [0.25, 0.3) is 6.01 Å². The monoisotopic (exact) mass is 195 g/mol. The van der Waals surface area contributed by atoms with Crippen LogP contribution in [0.4, 0.5) is 6.01 Å². The Hall–Kier alpha value is -1.03. The summed E-state index contributed by atoms with van der Waals surface area (Å²) in [5.41, 5.74) is 5.73. The van der Waals surface area contributed by atoms with E-state index in [1.54, 1.807) is 12.5 Å². The summed E-state index contributed by atoms with van der Waals surface area (Å²) in [6, 6.07) is 1.17. The third-order valence-corrected chi connectivity index (χ3v) is 3.12. The largest absolute Gasteiger partial charge is 0.432 e. The molecule has 4 nitrogen and oxygen atoms in total. The molecule has 78 valence electrons. The average Bonchev–Trinajstić information content (AvgIpc) is 2.71. The van der Waals surface area contributed by atoms with Crippen molar-refractivity contribution in [1.29, 1.82) is 0 Å². The predicted octanol–water partition coefficient (Wildman–Crippen LogP) is 1.24. The maximum absolute atomic E-state index is 5.73. The summed E-state index contributed by atoms with van der Waals surface area (Å²) >= 11 is 0. The predicted molar refractivity (Wildman–Crippen MR) is 55.1 cm³/mol. The van der Waals surface area contributed by atoms with Crippen molar-refractivity contribution in [3.05, 3.63) is 12.5 Å². The number of hydrogen-bond donors (Lipinski definition) is 1. The molecule has 2 N–H and O–H groups in total. The molecule has 1 aromatic heterocycles. The lowest BCUT2D eigenvalue weighted by Crippen LogP contribution is -2.46. The number of nitrogens with two attached hydrogens (primary N) is 1. The first-order valence-electron chi connectivity index (χ1n) is 5.19. The highest BCUT2D eigenvalue weighted by atomic mass is 16.4. The summed E-state index contributed by atoms with van der Waals surface area (Å²) in [6.45, 7) is 3.97. The molecular formula is C10H17N3O. The third kappa shape index (κ3) is 1.62. The van der Waals surface area contributed by atoms with Gasteiger partial charge < -0.3 is 15.1 Å². The number of rotatable bonds is 2. The van der Waals surface area contributed by atoms with Crippen LogP contribution in [0.2, 0.25) is 0 Å². The molecule has 1 aromatic rings. The molecule has 0 bridgehead atoms. The van der Waals surface area contributed by atoms with Crippen LogP contribution in [0.25, 0.3) is 0 Å². The van der Waals surface area contributed by atoms with E-state index in [-0.39, 0.29) is 0 Å². The molecule has 0 amide bonds. The zero-order valence-corrected chi connectivity index (χ0v) is 8.52. The highest BCUT2D eigenvalue weighted by molar-refractivity contribution is 5.28. The highest BCUT2D eigenvalue weighted by Crippen LogP contribution is 2.26. The Balaban J connectivity index is 2.11.